The highest BCUT2D eigenvalue weighted by molar-refractivity contribution is 6.74. The second-order valence-corrected chi connectivity index (χ2v) is 11.7. The Bertz CT molecular complexity index is 296. The molecule has 0 heterocycles. The zero-order valence-electron chi connectivity index (χ0n) is 13.0. The quantitative estimate of drug-likeness (QED) is 0.438. The van der Waals surface area contributed by atoms with E-state index >= 15 is 0 Å². The van der Waals surface area contributed by atoms with Crippen LogP contribution in [0.5, 0.6) is 0 Å². The standard InChI is InChI=1S/C15H29ClOSi/c1-8-9-10-14(12-11-13(2)16)17-18(6,7)15(3,4)5/h8-9,11,14H,10,12H2,1-7H3/b9-8-,13-11+/t14-/m0/s1. The van der Waals surface area contributed by atoms with E-state index in [0.29, 0.717) is 0 Å². The highest BCUT2D eigenvalue weighted by Crippen LogP contribution is 2.38. The lowest BCUT2D eigenvalue weighted by molar-refractivity contribution is 0.186. The highest BCUT2D eigenvalue weighted by Gasteiger charge is 2.38. The van der Waals surface area contributed by atoms with Crippen molar-refractivity contribution in [1.29, 1.82) is 0 Å². The molecule has 1 nitrogen and oxygen atoms in total. The van der Waals surface area contributed by atoms with Crippen LogP contribution >= 0.6 is 11.6 Å². The van der Waals surface area contributed by atoms with E-state index in [-0.39, 0.29) is 11.1 Å². The van der Waals surface area contributed by atoms with Gasteiger partial charge < -0.3 is 4.43 Å². The van der Waals surface area contributed by atoms with Crippen LogP contribution in [0.15, 0.2) is 23.3 Å². The van der Waals surface area contributed by atoms with Crippen molar-refractivity contribution in [2.45, 2.75) is 71.7 Å². The molecule has 0 radical (unpaired) electrons. The van der Waals surface area contributed by atoms with Crippen molar-refractivity contribution in [1.82, 2.24) is 0 Å². The molecule has 0 spiro atoms. The van der Waals surface area contributed by atoms with Gasteiger partial charge in [0.2, 0.25) is 0 Å². The van der Waals surface area contributed by atoms with Crippen molar-refractivity contribution < 1.29 is 4.43 Å². The number of hydrogen-bond donors (Lipinski definition) is 0. The van der Waals surface area contributed by atoms with Crippen LogP contribution in [0.25, 0.3) is 0 Å². The van der Waals surface area contributed by atoms with Crippen LogP contribution in [0.2, 0.25) is 18.1 Å². The minimum atomic E-state index is -1.70. The van der Waals surface area contributed by atoms with Gasteiger partial charge in [0, 0.05) is 5.03 Å². The van der Waals surface area contributed by atoms with Gasteiger partial charge in [-0.2, -0.15) is 0 Å². The van der Waals surface area contributed by atoms with Crippen LogP contribution < -0.4 is 0 Å². The molecule has 0 amide bonds. The Morgan fingerprint density at radius 2 is 1.83 bits per heavy atom. The second kappa shape index (κ2) is 7.52. The van der Waals surface area contributed by atoms with Crippen molar-refractivity contribution in [3.05, 3.63) is 23.3 Å². The molecule has 0 aromatic carbocycles. The lowest BCUT2D eigenvalue weighted by Gasteiger charge is -2.39. The molecule has 0 aliphatic heterocycles. The smallest absolute Gasteiger partial charge is 0.192 e. The Hall–Kier alpha value is -0.0531. The largest absolute Gasteiger partial charge is 0.413 e. The summed E-state index contributed by atoms with van der Waals surface area (Å²) in [4.78, 5) is 0. The van der Waals surface area contributed by atoms with E-state index in [2.05, 4.69) is 52.1 Å². The summed E-state index contributed by atoms with van der Waals surface area (Å²) in [6.07, 6.45) is 8.42. The molecule has 0 aliphatic carbocycles. The molecule has 3 heteroatoms. The van der Waals surface area contributed by atoms with Crippen molar-refractivity contribution in [3.8, 4) is 0 Å². The van der Waals surface area contributed by atoms with Crippen LogP contribution in [-0.4, -0.2) is 14.4 Å². The van der Waals surface area contributed by atoms with Gasteiger partial charge in [0.25, 0.3) is 0 Å². The number of halogens is 1. The van der Waals surface area contributed by atoms with Gasteiger partial charge in [-0.3, -0.25) is 0 Å². The fourth-order valence-corrected chi connectivity index (χ4v) is 2.84. The molecule has 106 valence electrons. The molecule has 0 unspecified atom stereocenters. The Labute approximate surface area is 119 Å². The summed E-state index contributed by atoms with van der Waals surface area (Å²) in [6, 6.07) is 0. The third-order valence-electron chi connectivity index (χ3n) is 3.56. The molecule has 0 saturated heterocycles. The van der Waals surface area contributed by atoms with Crippen LogP contribution in [0, 0.1) is 0 Å². The lowest BCUT2D eigenvalue weighted by Crippen LogP contribution is -2.43. The predicted octanol–water partition coefficient (Wildman–Crippen LogP) is 5.88. The van der Waals surface area contributed by atoms with Gasteiger partial charge in [0.05, 0.1) is 6.10 Å². The summed E-state index contributed by atoms with van der Waals surface area (Å²) in [7, 11) is -1.70. The van der Waals surface area contributed by atoms with Crippen LogP contribution in [0.4, 0.5) is 0 Å². The molecule has 0 saturated carbocycles. The van der Waals surface area contributed by atoms with Gasteiger partial charge in [-0.25, -0.2) is 0 Å². The monoisotopic (exact) mass is 288 g/mol. The van der Waals surface area contributed by atoms with E-state index in [9.17, 15) is 0 Å². The molecular formula is C15H29ClOSi. The van der Waals surface area contributed by atoms with E-state index in [0.717, 1.165) is 17.9 Å². The molecule has 0 fully saturated rings. The SMILES string of the molecule is C/C=C\C[C@@H](C/C=C(\C)Cl)O[Si](C)(C)C(C)(C)C. The van der Waals surface area contributed by atoms with Crippen LogP contribution in [0.1, 0.15) is 47.5 Å². The minimum absolute atomic E-state index is 0.246. The van der Waals surface area contributed by atoms with Crippen molar-refractivity contribution in [3.63, 3.8) is 0 Å². The molecule has 18 heavy (non-hydrogen) atoms. The zero-order valence-corrected chi connectivity index (χ0v) is 14.8. The predicted molar refractivity (Wildman–Crippen MR) is 85.7 cm³/mol. The molecule has 0 aromatic rings. The average molecular weight is 289 g/mol. The van der Waals surface area contributed by atoms with E-state index in [1.165, 1.54) is 0 Å². The zero-order chi connectivity index (χ0) is 14.4. The average Bonchev–Trinajstić information content (AvgIpc) is 2.20. The third kappa shape index (κ3) is 6.77. The molecule has 1 atom stereocenters. The topological polar surface area (TPSA) is 9.23 Å². The summed E-state index contributed by atoms with van der Waals surface area (Å²) in [5.74, 6) is 0. The van der Waals surface area contributed by atoms with E-state index in [1.807, 2.05) is 13.8 Å². The van der Waals surface area contributed by atoms with Crippen molar-refractivity contribution >= 4 is 19.9 Å². The summed E-state index contributed by atoms with van der Waals surface area (Å²) in [6.45, 7) is 15.4. The molecule has 0 N–H and O–H groups in total. The van der Waals surface area contributed by atoms with Gasteiger partial charge in [0.1, 0.15) is 0 Å². The lowest BCUT2D eigenvalue weighted by atomic mass is 10.2. The maximum Gasteiger partial charge on any atom is 0.192 e. The molecule has 0 rings (SSSR count). The Morgan fingerprint density at radius 3 is 2.22 bits per heavy atom. The van der Waals surface area contributed by atoms with Gasteiger partial charge in [-0.1, -0.05) is 50.6 Å². The van der Waals surface area contributed by atoms with Gasteiger partial charge in [-0.15, -0.1) is 0 Å². The number of hydrogen-bond acceptors (Lipinski definition) is 1. The molecular weight excluding hydrogens is 260 g/mol. The minimum Gasteiger partial charge on any atom is -0.413 e. The summed E-state index contributed by atoms with van der Waals surface area (Å²) < 4.78 is 6.44. The van der Waals surface area contributed by atoms with E-state index in [1.54, 1.807) is 0 Å². The van der Waals surface area contributed by atoms with E-state index < -0.39 is 8.32 Å². The first-order chi connectivity index (χ1) is 8.10. The van der Waals surface area contributed by atoms with Crippen molar-refractivity contribution in [2.75, 3.05) is 0 Å². The molecule has 0 aromatic heterocycles. The maximum atomic E-state index is 6.44. The Morgan fingerprint density at radius 1 is 1.28 bits per heavy atom. The summed E-state index contributed by atoms with van der Waals surface area (Å²) >= 11 is 5.92. The first-order valence-electron chi connectivity index (χ1n) is 6.71. The fourth-order valence-electron chi connectivity index (χ4n) is 1.37. The number of allylic oxidation sites excluding steroid dienone is 2. The summed E-state index contributed by atoms with van der Waals surface area (Å²) in [5.41, 5.74) is 0. The number of rotatable bonds is 6. The second-order valence-electron chi connectivity index (χ2n) is 6.33. The van der Waals surface area contributed by atoms with E-state index in [4.69, 9.17) is 16.0 Å². The van der Waals surface area contributed by atoms with Crippen LogP contribution in [0.3, 0.4) is 0 Å². The molecule has 0 bridgehead atoms. The normalized spacial score (nSPS) is 16.3. The van der Waals surface area contributed by atoms with Gasteiger partial charge >= 0.3 is 0 Å². The highest BCUT2D eigenvalue weighted by atomic mass is 35.5. The maximum absolute atomic E-state index is 6.44. The van der Waals surface area contributed by atoms with Crippen molar-refractivity contribution in [2.24, 2.45) is 0 Å². The van der Waals surface area contributed by atoms with Gasteiger partial charge in [0.15, 0.2) is 8.32 Å². The Kier molecular flexibility index (Phi) is 7.49. The molecule has 0 aliphatic rings. The Balaban J connectivity index is 4.72. The first-order valence-corrected chi connectivity index (χ1v) is 10.00. The van der Waals surface area contributed by atoms with Gasteiger partial charge in [-0.05, 0) is 44.8 Å². The fraction of sp³-hybridized carbons (Fsp3) is 0.733. The first kappa shape index (κ1) is 17.9. The van der Waals surface area contributed by atoms with Crippen LogP contribution in [-0.2, 0) is 4.43 Å². The summed E-state index contributed by atoms with van der Waals surface area (Å²) in [5, 5.41) is 1.10. The third-order valence-corrected chi connectivity index (χ3v) is 8.25.